The summed E-state index contributed by atoms with van der Waals surface area (Å²) in [7, 11) is -8.72. The third-order valence-electron chi connectivity index (χ3n) is 7.76. The molecule has 1 heterocycles. The van der Waals surface area contributed by atoms with Crippen LogP contribution in [0.2, 0.25) is 0 Å². The molecule has 0 spiro atoms. The first kappa shape index (κ1) is 34.0. The highest BCUT2D eigenvalue weighted by molar-refractivity contribution is 7.86. The molecule has 12 heteroatoms. The number of carbonyl (C=O) groups is 1. The van der Waals surface area contributed by atoms with E-state index in [1.807, 2.05) is 58.1 Å². The Kier molecular flexibility index (Phi) is 10.3. The van der Waals surface area contributed by atoms with Crippen LogP contribution >= 0.6 is 0 Å². The number of nitrogens with two attached hydrogens (primary N) is 2. The number of primary amides is 1. The van der Waals surface area contributed by atoms with Gasteiger partial charge in [-0.1, -0.05) is 58.4 Å². The van der Waals surface area contributed by atoms with Gasteiger partial charge >= 0.3 is 0 Å². The molecule has 0 atom stereocenters. The maximum atomic E-state index is 11.8. The number of fused-ring (bicyclic) bond motifs is 1. The number of rotatable bonds is 13. The van der Waals surface area contributed by atoms with Gasteiger partial charge in [-0.25, -0.2) is 0 Å². The van der Waals surface area contributed by atoms with Crippen molar-refractivity contribution < 1.29 is 30.7 Å². The Morgan fingerprint density at radius 1 is 0.930 bits per heavy atom. The molecule has 0 saturated heterocycles. The minimum Gasteiger partial charge on any atom is -0.398 e. The van der Waals surface area contributed by atoms with Crippen LogP contribution in [0.5, 0.6) is 0 Å². The quantitative estimate of drug-likeness (QED) is 0.0991. The molecule has 6 N–H and O–H groups in total. The monoisotopic (exact) mass is 631 g/mol. The summed E-state index contributed by atoms with van der Waals surface area (Å²) in [5, 5.41) is 0. The summed E-state index contributed by atoms with van der Waals surface area (Å²) in [6, 6.07) is 8.76. The van der Waals surface area contributed by atoms with Gasteiger partial charge in [-0.15, -0.1) is 0 Å². The summed E-state index contributed by atoms with van der Waals surface area (Å²) < 4.78 is 66.0. The lowest BCUT2D eigenvalue weighted by atomic mass is 9.80. The van der Waals surface area contributed by atoms with E-state index < -0.39 is 31.1 Å². The van der Waals surface area contributed by atoms with Gasteiger partial charge in [0.15, 0.2) is 0 Å². The van der Waals surface area contributed by atoms with Crippen LogP contribution in [0.1, 0.15) is 70.9 Å². The molecule has 1 amide bonds. The summed E-state index contributed by atoms with van der Waals surface area (Å²) in [4.78, 5) is 12.9. The largest absolute Gasteiger partial charge is 0.398 e. The molecular formula is C31H41N3O7S2. The lowest BCUT2D eigenvalue weighted by Gasteiger charge is -2.27. The van der Waals surface area contributed by atoms with Gasteiger partial charge in [0.25, 0.3) is 20.2 Å². The SMILES string of the molecule is CC(C)(C/C=C/C=C/C=C1\N(CCCCCC(N)=O)c2ccc(S(=O)(=O)O)cc2C1(C)C)c1cc(S(=O)(=O)O)ccc1N. The highest BCUT2D eigenvalue weighted by Crippen LogP contribution is 2.48. The Morgan fingerprint density at radius 2 is 1.56 bits per heavy atom. The molecule has 0 unspecified atom stereocenters. The maximum Gasteiger partial charge on any atom is 0.294 e. The number of amides is 1. The first-order valence-electron chi connectivity index (χ1n) is 13.9. The molecule has 0 bridgehead atoms. The lowest BCUT2D eigenvalue weighted by molar-refractivity contribution is -0.118. The summed E-state index contributed by atoms with van der Waals surface area (Å²) in [5.74, 6) is -0.331. The second kappa shape index (κ2) is 13.0. The van der Waals surface area contributed by atoms with Gasteiger partial charge in [0.2, 0.25) is 5.91 Å². The number of allylic oxidation sites excluding steroid dienone is 6. The molecule has 0 radical (unpaired) electrons. The number of hydrogen-bond acceptors (Lipinski definition) is 7. The fourth-order valence-corrected chi connectivity index (χ4v) is 6.36. The van der Waals surface area contributed by atoms with Crippen LogP contribution in [0.3, 0.4) is 0 Å². The van der Waals surface area contributed by atoms with Crippen LogP contribution in [0.15, 0.2) is 82.3 Å². The number of nitrogen functional groups attached to an aromatic ring is 1. The van der Waals surface area contributed by atoms with E-state index in [1.165, 1.54) is 30.3 Å². The van der Waals surface area contributed by atoms with Crippen LogP contribution in [0.4, 0.5) is 11.4 Å². The van der Waals surface area contributed by atoms with Crippen molar-refractivity contribution in [3.05, 3.63) is 83.6 Å². The van der Waals surface area contributed by atoms with Crippen molar-refractivity contribution in [2.45, 2.75) is 80.4 Å². The van der Waals surface area contributed by atoms with Gasteiger partial charge in [-0.05, 0) is 78.3 Å². The number of unbranched alkanes of at least 4 members (excludes halogenated alkanes) is 2. The van der Waals surface area contributed by atoms with Crippen molar-refractivity contribution in [1.82, 2.24) is 0 Å². The average molecular weight is 632 g/mol. The number of carbonyl (C=O) groups excluding carboxylic acids is 1. The third-order valence-corrected chi connectivity index (χ3v) is 9.46. The van der Waals surface area contributed by atoms with Gasteiger partial charge in [-0.3, -0.25) is 13.9 Å². The Bertz CT molecular complexity index is 1670. The van der Waals surface area contributed by atoms with Crippen molar-refractivity contribution in [2.75, 3.05) is 17.2 Å². The number of anilines is 2. The standard InChI is InChI=1S/C31H41N3O7S2/c1-30(2,24-20-22(42(36,37)38)14-16-26(24)32)18-10-6-5-8-12-28-31(3,4)25-21-23(43(39,40)41)15-17-27(25)34(28)19-11-7-9-13-29(33)35/h5-6,8,10,12,14-17,20-21H,7,9,11,13,18-19,32H2,1-4H3,(H2,33,35)(H,36,37,38)(H,39,40,41)/b8-5+,10-6+,28-12-. The van der Waals surface area contributed by atoms with E-state index in [9.17, 15) is 30.7 Å². The van der Waals surface area contributed by atoms with Crippen molar-refractivity contribution in [1.29, 1.82) is 0 Å². The predicted molar refractivity (Wildman–Crippen MR) is 169 cm³/mol. The molecule has 3 rings (SSSR count). The summed E-state index contributed by atoms with van der Waals surface area (Å²) >= 11 is 0. The zero-order valence-corrected chi connectivity index (χ0v) is 26.6. The number of hydrogen-bond donors (Lipinski definition) is 4. The summed E-state index contributed by atoms with van der Waals surface area (Å²) in [6.07, 6.45) is 12.7. The Hall–Kier alpha value is -3.45. The van der Waals surface area contributed by atoms with Crippen molar-refractivity contribution in [3.63, 3.8) is 0 Å². The molecule has 2 aromatic rings. The molecule has 0 aliphatic carbocycles. The predicted octanol–water partition coefficient (Wildman–Crippen LogP) is 5.27. The van der Waals surface area contributed by atoms with Gasteiger partial charge in [0.1, 0.15) is 0 Å². The van der Waals surface area contributed by atoms with Crippen LogP contribution in [-0.4, -0.2) is 38.4 Å². The summed E-state index contributed by atoms with van der Waals surface area (Å²) in [6.45, 7) is 8.51. The van der Waals surface area contributed by atoms with Crippen LogP contribution in [0, 0.1) is 0 Å². The number of benzene rings is 2. The van der Waals surface area contributed by atoms with Crippen molar-refractivity contribution >= 4 is 37.5 Å². The van der Waals surface area contributed by atoms with Gasteiger partial charge in [0.05, 0.1) is 9.79 Å². The van der Waals surface area contributed by atoms with Crippen molar-refractivity contribution in [2.24, 2.45) is 5.73 Å². The molecule has 2 aromatic carbocycles. The minimum absolute atomic E-state index is 0.161. The van der Waals surface area contributed by atoms with E-state index >= 15 is 0 Å². The maximum absolute atomic E-state index is 11.8. The number of nitrogens with zero attached hydrogens (tertiary/aromatic N) is 1. The van der Waals surface area contributed by atoms with Gasteiger partial charge < -0.3 is 16.4 Å². The van der Waals surface area contributed by atoms with E-state index in [0.717, 1.165) is 29.8 Å². The van der Waals surface area contributed by atoms with Crippen LogP contribution < -0.4 is 16.4 Å². The van der Waals surface area contributed by atoms with E-state index in [2.05, 4.69) is 4.90 Å². The Morgan fingerprint density at radius 3 is 2.19 bits per heavy atom. The lowest BCUT2D eigenvalue weighted by Crippen LogP contribution is -2.27. The van der Waals surface area contributed by atoms with Crippen LogP contribution in [0.25, 0.3) is 0 Å². The second-order valence-electron chi connectivity index (χ2n) is 11.9. The van der Waals surface area contributed by atoms with E-state index in [1.54, 1.807) is 6.07 Å². The topological polar surface area (TPSA) is 181 Å². The Labute approximate surface area is 254 Å². The molecule has 0 fully saturated rings. The van der Waals surface area contributed by atoms with Crippen molar-refractivity contribution in [3.8, 4) is 0 Å². The average Bonchev–Trinajstić information content (AvgIpc) is 3.10. The first-order valence-corrected chi connectivity index (χ1v) is 16.8. The molecule has 234 valence electrons. The minimum atomic E-state index is -4.37. The Balaban J connectivity index is 1.83. The smallest absolute Gasteiger partial charge is 0.294 e. The zero-order chi connectivity index (χ0) is 32.2. The molecule has 1 aliphatic rings. The molecule has 1 aliphatic heterocycles. The van der Waals surface area contributed by atoms with E-state index in [-0.39, 0.29) is 15.7 Å². The fourth-order valence-electron chi connectivity index (χ4n) is 5.35. The molecule has 10 nitrogen and oxygen atoms in total. The van der Waals surface area contributed by atoms with E-state index in [4.69, 9.17) is 11.5 Å². The van der Waals surface area contributed by atoms with Gasteiger partial charge in [-0.2, -0.15) is 16.8 Å². The molecule has 0 aromatic heterocycles. The molecule has 43 heavy (non-hydrogen) atoms. The molecule has 0 saturated carbocycles. The highest BCUT2D eigenvalue weighted by Gasteiger charge is 2.40. The van der Waals surface area contributed by atoms with Gasteiger partial charge in [0, 0.05) is 35.5 Å². The zero-order valence-electron chi connectivity index (χ0n) is 24.9. The highest BCUT2D eigenvalue weighted by atomic mass is 32.2. The summed E-state index contributed by atoms with van der Waals surface area (Å²) in [5.41, 5.74) is 13.9. The normalized spacial score (nSPS) is 16.4. The fraction of sp³-hybridized carbons (Fsp3) is 0.387. The van der Waals surface area contributed by atoms with E-state index in [0.29, 0.717) is 37.1 Å². The third kappa shape index (κ3) is 8.35. The first-order chi connectivity index (χ1) is 19.9. The molecular weight excluding hydrogens is 590 g/mol. The van der Waals surface area contributed by atoms with Crippen LogP contribution in [-0.2, 0) is 35.9 Å². The second-order valence-corrected chi connectivity index (χ2v) is 14.7.